The van der Waals surface area contributed by atoms with E-state index in [1.807, 2.05) is 42.4 Å². The largest absolute Gasteiger partial charge is 0.352 e. The second-order valence-corrected chi connectivity index (χ2v) is 6.74. The Kier molecular flexibility index (Phi) is 3.89. The molecule has 0 N–H and O–H groups in total. The highest BCUT2D eigenvalue weighted by Crippen LogP contribution is 2.21. The van der Waals surface area contributed by atoms with Crippen LogP contribution < -0.4 is 9.80 Å². The average molecular weight is 341 g/mol. The Hall–Kier alpha value is -2.48. The van der Waals surface area contributed by atoms with Crippen molar-refractivity contribution in [2.24, 2.45) is 0 Å². The molecule has 0 atom stereocenters. The molecule has 0 aliphatic carbocycles. The second kappa shape index (κ2) is 6.20. The zero-order chi connectivity index (χ0) is 16.5. The first kappa shape index (κ1) is 15.1. The van der Waals surface area contributed by atoms with Crippen molar-refractivity contribution in [3.63, 3.8) is 0 Å². The van der Waals surface area contributed by atoms with Gasteiger partial charge in [0.2, 0.25) is 0 Å². The smallest absolute Gasteiger partial charge is 0.185 e. The molecule has 1 aliphatic heterocycles. The van der Waals surface area contributed by atoms with Crippen molar-refractivity contribution < 1.29 is 0 Å². The predicted molar refractivity (Wildman–Crippen MR) is 95.2 cm³/mol. The van der Waals surface area contributed by atoms with Crippen LogP contribution in [-0.4, -0.2) is 50.9 Å². The van der Waals surface area contributed by atoms with Crippen molar-refractivity contribution in [3.05, 3.63) is 41.4 Å². The Labute approximate surface area is 144 Å². The lowest BCUT2D eigenvalue weighted by Gasteiger charge is -2.35. The molecule has 0 radical (unpaired) electrons. The van der Waals surface area contributed by atoms with Crippen LogP contribution in [0.5, 0.6) is 0 Å². The number of hydrogen-bond donors (Lipinski definition) is 0. The molecule has 7 nitrogen and oxygen atoms in total. The van der Waals surface area contributed by atoms with E-state index in [0.29, 0.717) is 0 Å². The third-order valence-corrected chi connectivity index (χ3v) is 4.96. The van der Waals surface area contributed by atoms with Crippen molar-refractivity contribution in [2.75, 3.05) is 36.0 Å². The highest BCUT2D eigenvalue weighted by Gasteiger charge is 2.20. The van der Waals surface area contributed by atoms with E-state index in [-0.39, 0.29) is 0 Å². The van der Waals surface area contributed by atoms with E-state index in [1.165, 1.54) is 0 Å². The maximum Gasteiger partial charge on any atom is 0.185 e. The fraction of sp³-hybridized carbons (Fsp3) is 0.375. The molecule has 4 heterocycles. The molecule has 4 rings (SSSR count). The number of anilines is 2. The summed E-state index contributed by atoms with van der Waals surface area (Å²) in [5.74, 6) is 1.67. The normalized spacial score (nSPS) is 15.1. The van der Waals surface area contributed by atoms with Crippen molar-refractivity contribution in [1.82, 2.24) is 24.7 Å². The van der Waals surface area contributed by atoms with Gasteiger partial charge in [-0.25, -0.2) is 14.6 Å². The lowest BCUT2D eigenvalue weighted by molar-refractivity contribution is 0.643. The summed E-state index contributed by atoms with van der Waals surface area (Å²) in [5, 5.41) is 7.61. The van der Waals surface area contributed by atoms with Gasteiger partial charge < -0.3 is 9.80 Å². The molecule has 0 unspecified atom stereocenters. The van der Waals surface area contributed by atoms with Crippen LogP contribution in [0.3, 0.4) is 0 Å². The van der Waals surface area contributed by atoms with Crippen molar-refractivity contribution >= 4 is 22.3 Å². The lowest BCUT2D eigenvalue weighted by atomic mass is 10.3. The molecule has 1 fully saturated rings. The minimum Gasteiger partial charge on any atom is -0.352 e. The van der Waals surface area contributed by atoms with Crippen molar-refractivity contribution in [1.29, 1.82) is 0 Å². The number of piperazine rings is 1. The quantitative estimate of drug-likeness (QED) is 0.727. The molecular weight excluding hydrogens is 322 g/mol. The van der Waals surface area contributed by atoms with E-state index in [0.717, 1.165) is 54.3 Å². The summed E-state index contributed by atoms with van der Waals surface area (Å²) in [5.41, 5.74) is 2.05. The van der Waals surface area contributed by atoms with E-state index >= 15 is 0 Å². The van der Waals surface area contributed by atoms with Crippen LogP contribution in [0.25, 0.3) is 5.82 Å². The molecule has 0 saturated carbocycles. The van der Waals surface area contributed by atoms with Gasteiger partial charge in [-0.15, -0.1) is 11.3 Å². The van der Waals surface area contributed by atoms with E-state index < -0.39 is 0 Å². The third-order valence-electron chi connectivity index (χ3n) is 4.13. The zero-order valence-electron chi connectivity index (χ0n) is 13.8. The summed E-state index contributed by atoms with van der Waals surface area (Å²) in [6.07, 6.45) is 5.44. The number of nitrogens with zero attached hydrogens (tertiary/aromatic N) is 7. The predicted octanol–water partition coefficient (Wildman–Crippen LogP) is 2.06. The molecule has 1 saturated heterocycles. The van der Waals surface area contributed by atoms with Gasteiger partial charge in [0.1, 0.15) is 5.82 Å². The highest BCUT2D eigenvalue weighted by molar-refractivity contribution is 7.13. The first-order chi connectivity index (χ1) is 11.7. The van der Waals surface area contributed by atoms with Gasteiger partial charge in [-0.05, 0) is 19.9 Å². The fourth-order valence-corrected chi connectivity index (χ4v) is 3.66. The molecule has 1 aliphatic rings. The topological polar surface area (TPSA) is 63.0 Å². The number of rotatable bonds is 3. The second-order valence-electron chi connectivity index (χ2n) is 5.86. The Morgan fingerprint density at radius 2 is 1.75 bits per heavy atom. The van der Waals surface area contributed by atoms with E-state index in [9.17, 15) is 0 Å². The molecule has 3 aromatic rings. The average Bonchev–Trinajstić information content (AvgIpc) is 3.25. The summed E-state index contributed by atoms with van der Waals surface area (Å²) >= 11 is 1.69. The molecule has 0 bridgehead atoms. The van der Waals surface area contributed by atoms with E-state index in [2.05, 4.69) is 24.9 Å². The molecule has 3 aromatic heterocycles. The molecule has 8 heteroatoms. The van der Waals surface area contributed by atoms with Gasteiger partial charge in [0.05, 0.1) is 18.1 Å². The first-order valence-electron chi connectivity index (χ1n) is 7.96. The molecular formula is C16H19N7S. The van der Waals surface area contributed by atoms with Crippen LogP contribution in [0.1, 0.15) is 11.4 Å². The standard InChI is InChI=1S/C16H19N7S/c1-12-9-13(2)23(20-12)15-11-17-10-14(19-15)21-4-6-22(7-5-21)16-18-3-8-24-16/h3,8-11H,4-7H2,1-2H3. The van der Waals surface area contributed by atoms with Gasteiger partial charge in [-0.2, -0.15) is 5.10 Å². The van der Waals surface area contributed by atoms with Crippen LogP contribution in [0.4, 0.5) is 10.9 Å². The highest BCUT2D eigenvalue weighted by atomic mass is 32.1. The van der Waals surface area contributed by atoms with Gasteiger partial charge in [0.15, 0.2) is 10.9 Å². The van der Waals surface area contributed by atoms with E-state index in [1.54, 1.807) is 17.5 Å². The minimum atomic E-state index is 0.764. The number of aryl methyl sites for hydroxylation is 2. The van der Waals surface area contributed by atoms with Crippen LogP contribution >= 0.6 is 11.3 Å². The molecule has 24 heavy (non-hydrogen) atoms. The van der Waals surface area contributed by atoms with Crippen molar-refractivity contribution in [3.8, 4) is 5.82 Å². The first-order valence-corrected chi connectivity index (χ1v) is 8.84. The Morgan fingerprint density at radius 1 is 1.00 bits per heavy atom. The molecule has 0 aromatic carbocycles. The van der Waals surface area contributed by atoms with Crippen LogP contribution in [0.15, 0.2) is 30.0 Å². The molecule has 124 valence electrons. The van der Waals surface area contributed by atoms with Gasteiger partial charge in [0.25, 0.3) is 0 Å². The number of thiazole rings is 1. The van der Waals surface area contributed by atoms with E-state index in [4.69, 9.17) is 4.98 Å². The zero-order valence-corrected chi connectivity index (χ0v) is 14.6. The van der Waals surface area contributed by atoms with Gasteiger partial charge >= 0.3 is 0 Å². The van der Waals surface area contributed by atoms with Gasteiger partial charge in [-0.3, -0.25) is 4.98 Å². The summed E-state index contributed by atoms with van der Waals surface area (Å²) in [4.78, 5) is 18.1. The minimum absolute atomic E-state index is 0.764. The van der Waals surface area contributed by atoms with Crippen LogP contribution in [0.2, 0.25) is 0 Å². The maximum absolute atomic E-state index is 4.76. The number of aromatic nitrogens is 5. The lowest BCUT2D eigenvalue weighted by Crippen LogP contribution is -2.46. The summed E-state index contributed by atoms with van der Waals surface area (Å²) in [6, 6.07) is 2.04. The fourth-order valence-electron chi connectivity index (χ4n) is 2.96. The Bertz CT molecular complexity index is 819. The molecule has 0 amide bonds. The van der Waals surface area contributed by atoms with Gasteiger partial charge in [-0.1, -0.05) is 0 Å². The van der Waals surface area contributed by atoms with Crippen LogP contribution in [-0.2, 0) is 0 Å². The summed E-state index contributed by atoms with van der Waals surface area (Å²) in [7, 11) is 0. The Balaban J connectivity index is 1.51. The Morgan fingerprint density at radius 3 is 2.42 bits per heavy atom. The molecule has 0 spiro atoms. The van der Waals surface area contributed by atoms with Gasteiger partial charge in [0, 0.05) is 43.4 Å². The van der Waals surface area contributed by atoms with Crippen molar-refractivity contribution in [2.45, 2.75) is 13.8 Å². The maximum atomic E-state index is 4.76. The SMILES string of the molecule is Cc1cc(C)n(-c2cncc(N3CCN(c4nccs4)CC3)n2)n1. The van der Waals surface area contributed by atoms with Crippen LogP contribution in [0, 0.1) is 13.8 Å². The summed E-state index contributed by atoms with van der Waals surface area (Å²) in [6.45, 7) is 7.72. The third kappa shape index (κ3) is 2.84. The summed E-state index contributed by atoms with van der Waals surface area (Å²) < 4.78 is 1.84. The number of hydrogen-bond acceptors (Lipinski definition) is 7. The monoisotopic (exact) mass is 341 g/mol.